The van der Waals surface area contributed by atoms with E-state index < -0.39 is 15.6 Å². The first-order valence-corrected chi connectivity index (χ1v) is 6.04. The molecule has 0 radical (unpaired) electrons. The van der Waals surface area contributed by atoms with Gasteiger partial charge in [0.05, 0.1) is 0 Å². The molecule has 0 rings (SSSR count). The van der Waals surface area contributed by atoms with Crippen LogP contribution in [-0.4, -0.2) is 18.5 Å². The summed E-state index contributed by atoms with van der Waals surface area (Å²) in [5, 5.41) is 0. The average molecular weight is 250 g/mol. The van der Waals surface area contributed by atoms with Crippen molar-refractivity contribution in [2.24, 2.45) is 0 Å². The van der Waals surface area contributed by atoms with Gasteiger partial charge in [0.15, 0.2) is 5.50 Å². The third-order valence-electron chi connectivity index (χ3n) is 1.85. The second-order valence-corrected chi connectivity index (χ2v) is 4.60. The third-order valence-corrected chi connectivity index (χ3v) is 2.71. The van der Waals surface area contributed by atoms with Crippen LogP contribution in [0.5, 0.6) is 0 Å². The molecule has 0 fully saturated rings. The summed E-state index contributed by atoms with van der Waals surface area (Å²) < 4.78 is 42.9. The van der Waals surface area contributed by atoms with Gasteiger partial charge in [-0.05, 0) is 12.8 Å². The third kappa shape index (κ3) is 10.0. The van der Waals surface area contributed by atoms with E-state index in [-0.39, 0.29) is 57.8 Å². The van der Waals surface area contributed by atoms with Crippen LogP contribution in [0.25, 0.3) is 0 Å². The minimum Gasteiger partial charge on any atom is -0.746 e. The first kappa shape index (κ1) is 17.9. The van der Waals surface area contributed by atoms with Gasteiger partial charge in [0, 0.05) is 0 Å². The van der Waals surface area contributed by atoms with Crippen molar-refractivity contribution in [2.75, 3.05) is 0 Å². The fraction of sp³-hybridized carbons (Fsp3) is 1.00. The quantitative estimate of drug-likeness (QED) is 0.337. The molecule has 0 spiro atoms. The van der Waals surface area contributed by atoms with Crippen LogP contribution in [-0.2, 0) is 10.1 Å². The van der Waals surface area contributed by atoms with E-state index in [0.29, 0.717) is 6.42 Å². The predicted octanol–water partition coefficient (Wildman–Crippen LogP) is -0.808. The zero-order valence-corrected chi connectivity index (χ0v) is 12.8. The normalized spacial score (nSPS) is 13.4. The Balaban J connectivity index is 0. The Hall–Kier alpha value is 1.48. The summed E-state index contributed by atoms with van der Waals surface area (Å²) in [5.41, 5.74) is -2.21. The Labute approximate surface area is 128 Å². The van der Waals surface area contributed by atoms with Gasteiger partial charge in [0.25, 0.3) is 0 Å². The Morgan fingerprint density at radius 2 is 1.71 bits per heavy atom. The molecule has 14 heavy (non-hydrogen) atoms. The number of alkyl halides is 1. The molecular weight excluding hydrogens is 234 g/mol. The standard InChI is InChI=1S/C8H17FO3S.K/c1-2-3-4-5-6-7-8(9)13(10,11)12;/h8H,2-7H2,1H3,(H,10,11,12);/q;+1/p-1. The van der Waals surface area contributed by atoms with Crippen molar-refractivity contribution in [3.63, 3.8) is 0 Å². The van der Waals surface area contributed by atoms with Gasteiger partial charge in [0.2, 0.25) is 0 Å². The molecule has 0 aromatic carbocycles. The largest absolute Gasteiger partial charge is 1.00 e. The Morgan fingerprint density at radius 1 is 1.21 bits per heavy atom. The van der Waals surface area contributed by atoms with Crippen molar-refractivity contribution in [1.29, 1.82) is 0 Å². The molecule has 0 heterocycles. The SMILES string of the molecule is CCCCCCCC(F)S(=O)(=O)[O-].[K+]. The zero-order valence-electron chi connectivity index (χ0n) is 8.83. The molecule has 0 aliphatic carbocycles. The van der Waals surface area contributed by atoms with E-state index in [9.17, 15) is 17.4 Å². The van der Waals surface area contributed by atoms with Crippen molar-refractivity contribution in [1.82, 2.24) is 0 Å². The van der Waals surface area contributed by atoms with Crippen molar-refractivity contribution < 1.29 is 68.7 Å². The molecule has 0 aromatic rings. The molecule has 0 aliphatic rings. The van der Waals surface area contributed by atoms with E-state index in [1.165, 1.54) is 0 Å². The number of hydrogen-bond donors (Lipinski definition) is 0. The molecule has 1 unspecified atom stereocenters. The number of unbranched alkanes of at least 4 members (excludes halogenated alkanes) is 4. The molecule has 0 aliphatic heterocycles. The molecule has 1 atom stereocenters. The van der Waals surface area contributed by atoms with Crippen LogP contribution in [0.3, 0.4) is 0 Å². The van der Waals surface area contributed by atoms with E-state index in [2.05, 4.69) is 6.92 Å². The Bertz CT molecular complexity index is 219. The van der Waals surface area contributed by atoms with Crippen LogP contribution in [0.1, 0.15) is 45.4 Å². The summed E-state index contributed by atoms with van der Waals surface area (Å²) >= 11 is 0. The summed E-state index contributed by atoms with van der Waals surface area (Å²) in [5.74, 6) is 0. The summed E-state index contributed by atoms with van der Waals surface area (Å²) in [6, 6.07) is 0. The van der Waals surface area contributed by atoms with Gasteiger partial charge in [-0.2, -0.15) is 0 Å². The fourth-order valence-corrected chi connectivity index (χ4v) is 1.51. The smallest absolute Gasteiger partial charge is 0.746 e. The molecule has 6 heteroatoms. The maximum Gasteiger partial charge on any atom is 1.00 e. The van der Waals surface area contributed by atoms with E-state index in [0.717, 1.165) is 25.7 Å². The summed E-state index contributed by atoms with van der Waals surface area (Å²) in [6.07, 6.45) is 4.24. The number of hydrogen-bond acceptors (Lipinski definition) is 3. The summed E-state index contributed by atoms with van der Waals surface area (Å²) in [6.45, 7) is 2.06. The molecule has 0 saturated carbocycles. The van der Waals surface area contributed by atoms with E-state index in [1.807, 2.05) is 0 Å². The second kappa shape index (κ2) is 9.68. The molecule has 0 aromatic heterocycles. The van der Waals surface area contributed by atoms with Crippen LogP contribution >= 0.6 is 0 Å². The maximum atomic E-state index is 12.5. The van der Waals surface area contributed by atoms with Crippen molar-refractivity contribution in [2.45, 2.75) is 51.0 Å². The van der Waals surface area contributed by atoms with Gasteiger partial charge in [-0.25, -0.2) is 12.8 Å². The molecular formula is C8H16FKO3S. The van der Waals surface area contributed by atoms with Gasteiger partial charge in [0.1, 0.15) is 10.1 Å². The second-order valence-electron chi connectivity index (χ2n) is 3.11. The number of rotatable bonds is 7. The summed E-state index contributed by atoms with van der Waals surface area (Å²) in [4.78, 5) is 0. The molecule has 0 N–H and O–H groups in total. The van der Waals surface area contributed by atoms with E-state index in [4.69, 9.17) is 0 Å². The van der Waals surface area contributed by atoms with Gasteiger partial charge in [-0.15, -0.1) is 0 Å². The minimum absolute atomic E-state index is 0. The minimum atomic E-state index is -4.71. The van der Waals surface area contributed by atoms with Crippen molar-refractivity contribution in [3.05, 3.63) is 0 Å². The topological polar surface area (TPSA) is 57.2 Å². The van der Waals surface area contributed by atoms with E-state index in [1.54, 1.807) is 0 Å². The van der Waals surface area contributed by atoms with Crippen LogP contribution in [0.4, 0.5) is 4.39 Å². The average Bonchev–Trinajstić information content (AvgIpc) is 2.02. The predicted molar refractivity (Wildman–Crippen MR) is 48.0 cm³/mol. The monoisotopic (exact) mass is 250 g/mol. The number of halogens is 1. The maximum absolute atomic E-state index is 12.5. The fourth-order valence-electron chi connectivity index (χ4n) is 1.05. The van der Waals surface area contributed by atoms with Crippen LogP contribution in [0.2, 0.25) is 0 Å². The Morgan fingerprint density at radius 3 is 2.14 bits per heavy atom. The first-order chi connectivity index (χ1) is 5.98. The van der Waals surface area contributed by atoms with Crippen LogP contribution < -0.4 is 51.4 Å². The zero-order chi connectivity index (χ0) is 10.3. The van der Waals surface area contributed by atoms with Crippen molar-refractivity contribution >= 4 is 10.1 Å². The van der Waals surface area contributed by atoms with Crippen LogP contribution in [0.15, 0.2) is 0 Å². The van der Waals surface area contributed by atoms with Gasteiger partial charge >= 0.3 is 51.4 Å². The molecule has 0 bridgehead atoms. The van der Waals surface area contributed by atoms with Crippen LogP contribution in [0, 0.1) is 0 Å². The molecule has 0 saturated heterocycles. The molecule has 80 valence electrons. The first-order valence-electron chi connectivity index (χ1n) is 4.57. The van der Waals surface area contributed by atoms with Gasteiger partial charge in [-0.1, -0.05) is 32.6 Å². The molecule has 0 amide bonds. The molecule has 3 nitrogen and oxygen atoms in total. The summed E-state index contributed by atoms with van der Waals surface area (Å²) in [7, 11) is -4.71. The Kier molecular flexibility index (Phi) is 12.4. The van der Waals surface area contributed by atoms with Crippen molar-refractivity contribution in [3.8, 4) is 0 Å². The van der Waals surface area contributed by atoms with E-state index >= 15 is 0 Å². The van der Waals surface area contributed by atoms with Gasteiger partial charge < -0.3 is 4.55 Å². The van der Waals surface area contributed by atoms with Gasteiger partial charge in [-0.3, -0.25) is 0 Å².